The molecular weight excluding hydrogens is 761 g/mol. The van der Waals surface area contributed by atoms with Crippen molar-refractivity contribution in [1.82, 2.24) is 40.8 Å². The molecule has 60 heavy (non-hydrogen) atoms. The predicted molar refractivity (Wildman–Crippen MR) is 230 cm³/mol. The molecule has 14 nitrogen and oxygen atoms in total. The standard InChI is InChI=1S/C46H52N8O6/c1-24(2)38(52-45(57)58)43(55)50-33-9-6-8-32(33)41-47-34-19-16-29(23-36(34)49-41)27-13-11-26(12-14-27)28-15-18-31-30(22-28)17-20-35-40(31)51-42(48-35)37-10-7-21-54(37)44(56)39(25(3)4)53-46(59)60-5/h11-20,22-25,32-33,37-39,52H,6-10,21H2,1-5H3,(H,47,49)(H,48,51)(H,50,55)(H,53,59)(H,57,58)/t32-,33+,37+,38+,39+/m1/s1. The quantitative estimate of drug-likeness (QED) is 0.0757. The molecule has 1 saturated heterocycles. The normalized spacial score (nSPS) is 19.0. The first-order valence-electron chi connectivity index (χ1n) is 20.9. The number of alkyl carbamates (subject to hydrolysis) is 1. The van der Waals surface area contributed by atoms with Crippen molar-refractivity contribution < 1.29 is 29.0 Å². The van der Waals surface area contributed by atoms with Gasteiger partial charge >= 0.3 is 12.2 Å². The molecule has 312 valence electrons. The maximum Gasteiger partial charge on any atom is 0.407 e. The zero-order valence-corrected chi connectivity index (χ0v) is 34.5. The van der Waals surface area contributed by atoms with Crippen LogP contribution in [-0.2, 0) is 14.3 Å². The van der Waals surface area contributed by atoms with E-state index in [0.717, 1.165) is 98.8 Å². The maximum absolute atomic E-state index is 13.7. The Labute approximate surface area is 347 Å². The molecule has 3 heterocycles. The zero-order valence-electron chi connectivity index (χ0n) is 34.5. The highest BCUT2D eigenvalue weighted by molar-refractivity contribution is 6.05. The number of nitrogens with zero attached hydrogens (tertiary/aromatic N) is 3. The van der Waals surface area contributed by atoms with Gasteiger partial charge in [-0.2, -0.15) is 0 Å². The molecule has 14 heteroatoms. The summed E-state index contributed by atoms with van der Waals surface area (Å²) in [7, 11) is 1.29. The molecule has 0 spiro atoms. The van der Waals surface area contributed by atoms with Gasteiger partial charge in [0.25, 0.3) is 0 Å². The third kappa shape index (κ3) is 7.97. The summed E-state index contributed by atoms with van der Waals surface area (Å²) >= 11 is 0. The summed E-state index contributed by atoms with van der Waals surface area (Å²) < 4.78 is 4.79. The highest BCUT2D eigenvalue weighted by Crippen LogP contribution is 2.37. The predicted octanol–water partition coefficient (Wildman–Crippen LogP) is 8.02. The summed E-state index contributed by atoms with van der Waals surface area (Å²) in [5, 5.41) is 19.5. The SMILES string of the molecule is COC(=O)N[C@H](C(=O)N1CCC[C@H]1c1nc2ccc3cc(-c4ccc(-c5ccc6nc([C@@H]7CCC[C@@H]7NC(=O)[C@@H](NC(=O)O)C(C)C)[nH]c6c5)cc4)ccc3c2[nH]1)C(C)C. The molecule has 2 aromatic heterocycles. The van der Waals surface area contributed by atoms with E-state index in [-0.39, 0.29) is 41.7 Å². The lowest BCUT2D eigenvalue weighted by molar-refractivity contribution is -0.135. The van der Waals surface area contributed by atoms with Gasteiger partial charge in [-0.05, 0) is 89.4 Å². The van der Waals surface area contributed by atoms with Gasteiger partial charge in [0.1, 0.15) is 23.7 Å². The Kier molecular flexibility index (Phi) is 11.2. The van der Waals surface area contributed by atoms with E-state index in [0.29, 0.717) is 6.54 Å². The highest BCUT2D eigenvalue weighted by Gasteiger charge is 2.38. The number of ether oxygens (including phenoxy) is 1. The van der Waals surface area contributed by atoms with Gasteiger partial charge in [0.2, 0.25) is 11.8 Å². The molecule has 4 aromatic carbocycles. The topological polar surface area (TPSA) is 194 Å². The Morgan fingerprint density at radius 3 is 2.12 bits per heavy atom. The van der Waals surface area contributed by atoms with Crippen LogP contribution in [-0.4, -0.2) is 85.7 Å². The van der Waals surface area contributed by atoms with Crippen LogP contribution in [0.4, 0.5) is 9.59 Å². The maximum atomic E-state index is 13.7. The number of aromatic nitrogens is 4. The summed E-state index contributed by atoms with van der Waals surface area (Å²) in [6, 6.07) is 23.4. The summed E-state index contributed by atoms with van der Waals surface area (Å²) in [6.45, 7) is 8.06. The lowest BCUT2D eigenvalue weighted by Crippen LogP contribution is -2.52. The van der Waals surface area contributed by atoms with Crippen molar-refractivity contribution in [2.24, 2.45) is 11.8 Å². The Bertz CT molecular complexity index is 2580. The molecule has 5 atom stereocenters. The van der Waals surface area contributed by atoms with Crippen LogP contribution in [0.25, 0.3) is 55.1 Å². The van der Waals surface area contributed by atoms with E-state index in [1.54, 1.807) is 0 Å². The molecule has 4 amide bonds. The smallest absolute Gasteiger partial charge is 0.407 e. The molecule has 1 saturated carbocycles. The molecule has 6 aromatic rings. The number of imidazole rings is 2. The van der Waals surface area contributed by atoms with E-state index in [9.17, 15) is 24.3 Å². The average molecular weight is 813 g/mol. The second-order valence-electron chi connectivity index (χ2n) is 16.8. The number of carbonyl (C=O) groups is 4. The van der Waals surface area contributed by atoms with E-state index in [2.05, 4.69) is 86.6 Å². The first-order chi connectivity index (χ1) is 28.9. The lowest BCUT2D eigenvalue weighted by atomic mass is 9.98. The summed E-state index contributed by atoms with van der Waals surface area (Å²) in [5.74, 6) is 0.829. The van der Waals surface area contributed by atoms with Crippen molar-refractivity contribution >= 4 is 56.8 Å². The number of carboxylic acid groups (broad SMARTS) is 1. The largest absolute Gasteiger partial charge is 0.465 e. The molecule has 1 aliphatic carbocycles. The molecule has 0 bridgehead atoms. The zero-order chi connectivity index (χ0) is 42.2. The molecule has 1 aliphatic heterocycles. The number of methoxy groups -OCH3 is 1. The Morgan fingerprint density at radius 1 is 0.750 bits per heavy atom. The number of hydrogen-bond acceptors (Lipinski definition) is 7. The fourth-order valence-corrected chi connectivity index (χ4v) is 9.00. The van der Waals surface area contributed by atoms with E-state index in [1.165, 1.54) is 7.11 Å². The number of amides is 4. The molecule has 8 rings (SSSR count). The Hall–Kier alpha value is -6.44. The van der Waals surface area contributed by atoms with Gasteiger partial charge in [-0.25, -0.2) is 19.6 Å². The van der Waals surface area contributed by atoms with Crippen LogP contribution in [0.15, 0.2) is 72.8 Å². The summed E-state index contributed by atoms with van der Waals surface area (Å²) in [4.78, 5) is 68.9. The number of H-pyrrole nitrogens is 2. The van der Waals surface area contributed by atoms with Crippen molar-refractivity contribution in [3.05, 3.63) is 84.4 Å². The van der Waals surface area contributed by atoms with Gasteiger partial charge in [0.05, 0.1) is 35.2 Å². The van der Waals surface area contributed by atoms with Crippen molar-refractivity contribution in [2.75, 3.05) is 13.7 Å². The number of nitrogens with one attached hydrogen (secondary N) is 5. The van der Waals surface area contributed by atoms with Crippen LogP contribution in [0.5, 0.6) is 0 Å². The number of rotatable bonds is 11. The van der Waals surface area contributed by atoms with Crippen LogP contribution < -0.4 is 16.0 Å². The number of fused-ring (bicyclic) bond motifs is 4. The lowest BCUT2D eigenvalue weighted by Gasteiger charge is -2.29. The van der Waals surface area contributed by atoms with Crippen molar-refractivity contribution in [2.45, 2.75) is 89.9 Å². The van der Waals surface area contributed by atoms with Crippen LogP contribution in [0.2, 0.25) is 0 Å². The third-order valence-corrected chi connectivity index (χ3v) is 12.2. The van der Waals surface area contributed by atoms with Gasteiger partial charge in [0.15, 0.2) is 0 Å². The van der Waals surface area contributed by atoms with Gasteiger partial charge in [-0.1, -0.05) is 82.6 Å². The average Bonchev–Trinajstić information content (AvgIpc) is 4.07. The van der Waals surface area contributed by atoms with Gasteiger partial charge in [0, 0.05) is 23.9 Å². The van der Waals surface area contributed by atoms with E-state index in [1.807, 2.05) is 44.7 Å². The van der Waals surface area contributed by atoms with Gasteiger partial charge in [-0.15, -0.1) is 0 Å². The molecule has 0 radical (unpaired) electrons. The van der Waals surface area contributed by atoms with Crippen LogP contribution in [0.1, 0.15) is 83.4 Å². The fourth-order valence-electron chi connectivity index (χ4n) is 9.00. The number of benzene rings is 4. The number of likely N-dealkylation sites (tertiary alicyclic amines) is 1. The minimum Gasteiger partial charge on any atom is -0.465 e. The van der Waals surface area contributed by atoms with Crippen LogP contribution in [0.3, 0.4) is 0 Å². The second kappa shape index (κ2) is 16.7. The minimum atomic E-state index is -1.21. The second-order valence-corrected chi connectivity index (χ2v) is 16.8. The fraction of sp³-hybridized carbons (Fsp3) is 0.391. The number of hydrogen-bond donors (Lipinski definition) is 6. The van der Waals surface area contributed by atoms with Crippen molar-refractivity contribution in [1.29, 1.82) is 0 Å². The number of carbonyl (C=O) groups excluding carboxylic acids is 3. The molecule has 6 N–H and O–H groups in total. The Balaban J connectivity index is 0.978. The first-order valence-corrected chi connectivity index (χ1v) is 20.9. The molecular formula is C46H52N8O6. The van der Waals surface area contributed by atoms with Gasteiger partial charge in [-0.3, -0.25) is 9.59 Å². The highest BCUT2D eigenvalue weighted by atomic mass is 16.5. The summed E-state index contributed by atoms with van der Waals surface area (Å²) in [6.07, 6.45) is 2.40. The molecule has 2 aliphatic rings. The molecule has 2 fully saturated rings. The van der Waals surface area contributed by atoms with Crippen molar-refractivity contribution in [3.63, 3.8) is 0 Å². The third-order valence-electron chi connectivity index (χ3n) is 12.2. The van der Waals surface area contributed by atoms with Crippen LogP contribution in [0, 0.1) is 11.8 Å². The minimum absolute atomic E-state index is 0.00395. The van der Waals surface area contributed by atoms with Gasteiger partial charge < -0.3 is 40.7 Å². The number of aromatic amines is 2. The van der Waals surface area contributed by atoms with E-state index < -0.39 is 24.3 Å². The van der Waals surface area contributed by atoms with Crippen molar-refractivity contribution in [3.8, 4) is 22.3 Å². The Morgan fingerprint density at radius 2 is 1.42 bits per heavy atom. The van der Waals surface area contributed by atoms with Crippen LogP contribution >= 0.6 is 0 Å². The van der Waals surface area contributed by atoms with E-state index >= 15 is 0 Å². The van der Waals surface area contributed by atoms with E-state index in [4.69, 9.17) is 14.7 Å². The first kappa shape index (κ1) is 40.3. The molecule has 0 unspecified atom stereocenters. The summed E-state index contributed by atoms with van der Waals surface area (Å²) in [5.41, 5.74) is 7.83. The monoisotopic (exact) mass is 812 g/mol.